The van der Waals surface area contributed by atoms with Crippen molar-refractivity contribution < 1.29 is 24.3 Å². The van der Waals surface area contributed by atoms with E-state index in [1.54, 1.807) is 24.3 Å². The Balaban J connectivity index is 2.07. The van der Waals surface area contributed by atoms with Gasteiger partial charge in [-0.05, 0) is 29.3 Å². The van der Waals surface area contributed by atoms with Crippen LogP contribution in [0.25, 0.3) is 0 Å². The average molecular weight is 381 g/mol. The van der Waals surface area contributed by atoms with Crippen LogP contribution in [-0.2, 0) is 17.9 Å². The second kappa shape index (κ2) is 9.02. The number of nitrogens with zero attached hydrogens (tertiary/aromatic N) is 1. The van der Waals surface area contributed by atoms with Gasteiger partial charge in [0.1, 0.15) is 6.61 Å². The topological polar surface area (TPSA) is 111 Å². The third-order valence-corrected chi connectivity index (χ3v) is 3.82. The summed E-state index contributed by atoms with van der Waals surface area (Å²) in [7, 11) is 1.48. The van der Waals surface area contributed by atoms with Gasteiger partial charge in [-0.15, -0.1) is 0 Å². The number of benzene rings is 2. The number of non-ortho nitro benzene ring substituents is 1. The van der Waals surface area contributed by atoms with Gasteiger partial charge in [0.2, 0.25) is 0 Å². The summed E-state index contributed by atoms with van der Waals surface area (Å²) >= 11 is 6.21. The van der Waals surface area contributed by atoms with Gasteiger partial charge in [-0.25, -0.2) is 0 Å². The van der Waals surface area contributed by atoms with Crippen LogP contribution >= 0.6 is 11.6 Å². The Bertz CT molecular complexity index is 795. The Morgan fingerprint density at radius 1 is 1.27 bits per heavy atom. The lowest BCUT2D eigenvalue weighted by atomic mass is 10.2. The van der Waals surface area contributed by atoms with Crippen molar-refractivity contribution in [3.8, 4) is 11.5 Å². The molecule has 9 heteroatoms. The molecule has 0 aliphatic carbocycles. The van der Waals surface area contributed by atoms with E-state index in [1.807, 2.05) is 0 Å². The fourth-order valence-electron chi connectivity index (χ4n) is 2.16. The Morgan fingerprint density at radius 2 is 1.96 bits per heavy atom. The maximum Gasteiger partial charge on any atom is 0.317 e. The smallest absolute Gasteiger partial charge is 0.317 e. The lowest BCUT2D eigenvalue weighted by molar-refractivity contribution is -0.384. The summed E-state index contributed by atoms with van der Waals surface area (Å²) in [6, 6.07) is 9.28. The fraction of sp³-hybridized carbons (Fsp3) is 0.235. The van der Waals surface area contributed by atoms with E-state index in [2.05, 4.69) is 5.32 Å². The Labute approximate surface area is 154 Å². The molecule has 0 saturated carbocycles. The molecular formula is C17H17ClN2O6. The van der Waals surface area contributed by atoms with Gasteiger partial charge in [0, 0.05) is 29.8 Å². The van der Waals surface area contributed by atoms with Crippen LogP contribution in [0, 0.1) is 10.1 Å². The largest absolute Gasteiger partial charge is 0.493 e. The Morgan fingerprint density at radius 3 is 2.54 bits per heavy atom. The molecule has 2 aromatic carbocycles. The summed E-state index contributed by atoms with van der Waals surface area (Å²) in [4.78, 5) is 20.7. The summed E-state index contributed by atoms with van der Waals surface area (Å²) in [5.41, 5.74) is 1.43. The molecule has 0 aromatic heterocycles. The molecular weight excluding hydrogens is 364 g/mol. The third-order valence-electron chi connectivity index (χ3n) is 3.47. The van der Waals surface area contributed by atoms with Crippen molar-refractivity contribution in [2.45, 2.75) is 13.2 Å². The lowest BCUT2D eigenvalue weighted by Crippen LogP contribution is -2.22. The quantitative estimate of drug-likeness (QED) is 0.508. The van der Waals surface area contributed by atoms with E-state index in [-0.39, 0.29) is 25.4 Å². The van der Waals surface area contributed by atoms with E-state index in [9.17, 15) is 14.9 Å². The van der Waals surface area contributed by atoms with Crippen molar-refractivity contribution in [1.29, 1.82) is 0 Å². The molecule has 0 atom stereocenters. The van der Waals surface area contributed by atoms with Crippen molar-refractivity contribution in [1.82, 2.24) is 5.32 Å². The second-order valence-corrected chi connectivity index (χ2v) is 5.71. The van der Waals surface area contributed by atoms with E-state index in [1.165, 1.54) is 19.2 Å². The predicted molar refractivity (Wildman–Crippen MR) is 94.8 cm³/mol. The van der Waals surface area contributed by atoms with Crippen LogP contribution in [0.4, 0.5) is 5.69 Å². The van der Waals surface area contributed by atoms with Crippen molar-refractivity contribution >= 4 is 23.3 Å². The van der Waals surface area contributed by atoms with E-state index >= 15 is 0 Å². The first-order valence-corrected chi connectivity index (χ1v) is 7.93. The Hall–Kier alpha value is -2.84. The number of aliphatic carboxylic acids is 1. The predicted octanol–water partition coefficient (Wildman–Crippen LogP) is 3.01. The average Bonchev–Trinajstić information content (AvgIpc) is 2.61. The zero-order chi connectivity index (χ0) is 19.1. The first kappa shape index (κ1) is 19.5. The van der Waals surface area contributed by atoms with Gasteiger partial charge in [0.15, 0.2) is 11.5 Å². The molecule has 0 saturated heterocycles. The highest BCUT2D eigenvalue weighted by atomic mass is 35.5. The van der Waals surface area contributed by atoms with Crippen molar-refractivity contribution in [3.63, 3.8) is 0 Å². The number of hydrogen-bond acceptors (Lipinski definition) is 6. The molecule has 0 unspecified atom stereocenters. The molecule has 0 fully saturated rings. The number of halogens is 1. The SMILES string of the molecule is COc1cc(CNCC(=O)O)c(Cl)cc1OCc1ccc([N+](=O)[O-])cc1. The highest BCUT2D eigenvalue weighted by molar-refractivity contribution is 6.31. The molecule has 2 aromatic rings. The van der Waals surface area contributed by atoms with Gasteiger partial charge >= 0.3 is 5.97 Å². The molecule has 8 nitrogen and oxygen atoms in total. The highest BCUT2D eigenvalue weighted by Crippen LogP contribution is 2.34. The molecule has 0 bridgehead atoms. The molecule has 0 aliphatic heterocycles. The number of carboxylic acids is 1. The minimum Gasteiger partial charge on any atom is -0.493 e. The molecule has 0 heterocycles. The van der Waals surface area contributed by atoms with Gasteiger partial charge < -0.3 is 19.9 Å². The van der Waals surface area contributed by atoms with Crippen LogP contribution in [-0.4, -0.2) is 29.7 Å². The molecule has 0 radical (unpaired) electrons. The molecule has 138 valence electrons. The number of nitrogens with one attached hydrogen (secondary N) is 1. The first-order chi connectivity index (χ1) is 12.4. The first-order valence-electron chi connectivity index (χ1n) is 7.55. The summed E-state index contributed by atoms with van der Waals surface area (Å²) in [5.74, 6) is -0.0996. The zero-order valence-corrected chi connectivity index (χ0v) is 14.7. The van der Waals surface area contributed by atoms with Crippen molar-refractivity contribution in [3.05, 3.63) is 62.7 Å². The number of methoxy groups -OCH3 is 1. The summed E-state index contributed by atoms with van der Waals surface area (Å²) in [5, 5.41) is 22.5. The standard InChI is InChI=1S/C17H17ClN2O6/c1-25-15-6-12(8-19-9-17(21)22)14(18)7-16(15)26-10-11-2-4-13(5-3-11)20(23)24/h2-7,19H,8-10H2,1H3,(H,21,22). The molecule has 0 spiro atoms. The van der Waals surface area contributed by atoms with E-state index in [0.29, 0.717) is 22.1 Å². The van der Waals surface area contributed by atoms with E-state index in [4.69, 9.17) is 26.2 Å². The molecule has 0 amide bonds. The number of carboxylic acid groups (broad SMARTS) is 1. The monoisotopic (exact) mass is 380 g/mol. The number of carbonyl (C=O) groups is 1. The van der Waals surface area contributed by atoms with Gasteiger partial charge in [-0.1, -0.05) is 11.6 Å². The normalized spacial score (nSPS) is 10.4. The van der Waals surface area contributed by atoms with Gasteiger partial charge in [-0.3, -0.25) is 14.9 Å². The van der Waals surface area contributed by atoms with Gasteiger partial charge in [0.25, 0.3) is 5.69 Å². The number of ether oxygens (including phenoxy) is 2. The number of rotatable bonds is 9. The van der Waals surface area contributed by atoms with E-state index in [0.717, 1.165) is 5.56 Å². The van der Waals surface area contributed by atoms with Crippen LogP contribution in [0.1, 0.15) is 11.1 Å². The van der Waals surface area contributed by atoms with Crippen LogP contribution in [0.2, 0.25) is 5.02 Å². The van der Waals surface area contributed by atoms with Crippen molar-refractivity contribution in [2.24, 2.45) is 0 Å². The molecule has 2 N–H and O–H groups in total. The molecule has 2 rings (SSSR count). The summed E-state index contributed by atoms with van der Waals surface area (Å²) in [6.07, 6.45) is 0. The minimum absolute atomic E-state index is 0.00703. The summed E-state index contributed by atoms with van der Waals surface area (Å²) < 4.78 is 11.0. The highest BCUT2D eigenvalue weighted by Gasteiger charge is 2.12. The van der Waals surface area contributed by atoms with Crippen LogP contribution in [0.5, 0.6) is 11.5 Å². The lowest BCUT2D eigenvalue weighted by Gasteiger charge is -2.14. The maximum absolute atomic E-state index is 10.7. The zero-order valence-electron chi connectivity index (χ0n) is 13.9. The number of nitro benzene ring substituents is 1. The number of hydrogen-bond donors (Lipinski definition) is 2. The molecule has 26 heavy (non-hydrogen) atoms. The van der Waals surface area contributed by atoms with Crippen LogP contribution in [0.3, 0.4) is 0 Å². The van der Waals surface area contributed by atoms with Gasteiger partial charge in [0.05, 0.1) is 18.6 Å². The summed E-state index contributed by atoms with van der Waals surface area (Å²) in [6.45, 7) is 0.266. The Kier molecular flexibility index (Phi) is 6.76. The van der Waals surface area contributed by atoms with Crippen molar-refractivity contribution in [2.75, 3.05) is 13.7 Å². The maximum atomic E-state index is 10.7. The van der Waals surface area contributed by atoms with Crippen LogP contribution in [0.15, 0.2) is 36.4 Å². The fourth-order valence-corrected chi connectivity index (χ4v) is 2.38. The number of nitro groups is 1. The van der Waals surface area contributed by atoms with Crippen LogP contribution < -0.4 is 14.8 Å². The molecule has 0 aliphatic rings. The second-order valence-electron chi connectivity index (χ2n) is 5.30. The third kappa shape index (κ3) is 5.33. The minimum atomic E-state index is -0.962. The van der Waals surface area contributed by atoms with Gasteiger partial charge in [-0.2, -0.15) is 0 Å². The van der Waals surface area contributed by atoms with E-state index < -0.39 is 10.9 Å².